The van der Waals surface area contributed by atoms with Gasteiger partial charge in [0.05, 0.1) is 36.7 Å². The van der Waals surface area contributed by atoms with Crippen molar-refractivity contribution in [2.75, 3.05) is 13.7 Å². The number of aromatic nitrogens is 3. The normalized spacial score (nSPS) is 16.9. The average molecular weight is 336 g/mol. The summed E-state index contributed by atoms with van der Waals surface area (Å²) in [5.41, 5.74) is 3.40. The third-order valence-electron chi connectivity index (χ3n) is 4.77. The summed E-state index contributed by atoms with van der Waals surface area (Å²) < 4.78 is 7.38. The number of amides is 1. The molecular weight excluding hydrogens is 316 g/mol. The largest absolute Gasteiger partial charge is 0.383 e. The maximum absolute atomic E-state index is 13.1. The van der Waals surface area contributed by atoms with Crippen molar-refractivity contribution in [3.8, 4) is 0 Å². The Morgan fingerprint density at radius 3 is 2.96 bits per heavy atom. The van der Waals surface area contributed by atoms with Crippen molar-refractivity contribution in [2.45, 2.75) is 19.0 Å². The summed E-state index contributed by atoms with van der Waals surface area (Å²) in [5, 5.41) is 1.03. The highest BCUT2D eigenvalue weighted by molar-refractivity contribution is 5.95. The first kappa shape index (κ1) is 15.8. The Labute approximate surface area is 146 Å². The van der Waals surface area contributed by atoms with Crippen LogP contribution in [0.5, 0.6) is 0 Å². The molecule has 6 nitrogen and oxygen atoms in total. The number of pyridine rings is 1. The molecule has 1 atom stereocenters. The van der Waals surface area contributed by atoms with Gasteiger partial charge in [-0.25, -0.2) is 9.97 Å². The van der Waals surface area contributed by atoms with Crippen LogP contribution in [0.1, 0.15) is 21.9 Å². The van der Waals surface area contributed by atoms with Crippen molar-refractivity contribution in [1.82, 2.24) is 19.4 Å². The van der Waals surface area contributed by atoms with Crippen LogP contribution in [-0.2, 0) is 24.8 Å². The summed E-state index contributed by atoms with van der Waals surface area (Å²) in [6.45, 7) is 0.974. The number of ether oxygens (including phenoxy) is 1. The zero-order valence-electron chi connectivity index (χ0n) is 14.3. The van der Waals surface area contributed by atoms with E-state index in [0.29, 0.717) is 18.8 Å². The number of fused-ring (bicyclic) bond motifs is 2. The van der Waals surface area contributed by atoms with E-state index in [2.05, 4.69) is 9.97 Å². The predicted molar refractivity (Wildman–Crippen MR) is 94.2 cm³/mol. The molecule has 0 aliphatic carbocycles. The van der Waals surface area contributed by atoms with Gasteiger partial charge in [0.25, 0.3) is 5.91 Å². The number of benzene rings is 1. The second-order valence-corrected chi connectivity index (χ2v) is 6.38. The van der Waals surface area contributed by atoms with Gasteiger partial charge in [-0.1, -0.05) is 24.3 Å². The van der Waals surface area contributed by atoms with Crippen LogP contribution in [0.15, 0.2) is 42.7 Å². The third-order valence-corrected chi connectivity index (χ3v) is 4.77. The minimum absolute atomic E-state index is 0.0197. The van der Waals surface area contributed by atoms with Gasteiger partial charge in [-0.15, -0.1) is 0 Å². The summed E-state index contributed by atoms with van der Waals surface area (Å²) in [6.07, 6.45) is 2.54. The molecule has 6 heteroatoms. The number of carbonyl (C=O) groups excluding carboxylic acids is 1. The molecule has 1 amide bonds. The average Bonchev–Trinajstić information content (AvgIpc) is 3.00. The molecule has 3 heterocycles. The number of rotatable bonds is 3. The van der Waals surface area contributed by atoms with Crippen molar-refractivity contribution in [3.63, 3.8) is 0 Å². The number of carbonyl (C=O) groups is 1. The van der Waals surface area contributed by atoms with E-state index >= 15 is 0 Å². The van der Waals surface area contributed by atoms with Gasteiger partial charge in [-0.3, -0.25) is 4.79 Å². The topological polar surface area (TPSA) is 60.2 Å². The van der Waals surface area contributed by atoms with Gasteiger partial charge in [-0.05, 0) is 12.1 Å². The molecule has 0 bridgehead atoms. The van der Waals surface area contributed by atoms with Gasteiger partial charge in [-0.2, -0.15) is 0 Å². The van der Waals surface area contributed by atoms with Crippen LogP contribution in [-0.4, -0.2) is 45.1 Å². The first-order chi connectivity index (χ1) is 12.2. The number of para-hydroxylation sites is 1. The lowest BCUT2D eigenvalue weighted by atomic mass is 10.0. The Morgan fingerprint density at radius 2 is 2.12 bits per heavy atom. The van der Waals surface area contributed by atoms with Gasteiger partial charge in [0.1, 0.15) is 5.69 Å². The molecule has 128 valence electrons. The first-order valence-electron chi connectivity index (χ1n) is 8.32. The predicted octanol–water partition coefficient (Wildman–Crippen LogP) is 2.18. The van der Waals surface area contributed by atoms with Crippen LogP contribution in [0.4, 0.5) is 0 Å². The van der Waals surface area contributed by atoms with Crippen molar-refractivity contribution in [2.24, 2.45) is 7.05 Å². The molecule has 25 heavy (non-hydrogen) atoms. The fraction of sp³-hybridized carbons (Fsp3) is 0.316. The molecule has 3 aromatic rings. The second-order valence-electron chi connectivity index (χ2n) is 6.38. The zero-order valence-corrected chi connectivity index (χ0v) is 14.3. The van der Waals surface area contributed by atoms with Gasteiger partial charge < -0.3 is 14.2 Å². The zero-order chi connectivity index (χ0) is 17.4. The minimum Gasteiger partial charge on any atom is -0.383 e. The number of hydrogen-bond acceptors (Lipinski definition) is 4. The molecule has 0 spiro atoms. The van der Waals surface area contributed by atoms with Crippen molar-refractivity contribution in [3.05, 3.63) is 59.8 Å². The summed E-state index contributed by atoms with van der Waals surface area (Å²) in [4.78, 5) is 23.9. The molecule has 0 N–H and O–H groups in total. The molecule has 0 fully saturated rings. The Kier molecular flexibility index (Phi) is 3.97. The van der Waals surface area contributed by atoms with Crippen molar-refractivity contribution < 1.29 is 9.53 Å². The molecular formula is C19H20N4O2. The van der Waals surface area contributed by atoms with Crippen molar-refractivity contribution in [1.29, 1.82) is 0 Å². The molecule has 1 aliphatic heterocycles. The van der Waals surface area contributed by atoms with Crippen LogP contribution in [0.3, 0.4) is 0 Å². The highest BCUT2D eigenvalue weighted by atomic mass is 16.5. The smallest absolute Gasteiger partial charge is 0.273 e. The van der Waals surface area contributed by atoms with E-state index in [0.717, 1.165) is 28.7 Å². The second kappa shape index (κ2) is 6.29. The first-order valence-corrected chi connectivity index (χ1v) is 8.32. The van der Waals surface area contributed by atoms with E-state index in [4.69, 9.17) is 4.74 Å². The number of aryl methyl sites for hydroxylation is 1. The van der Waals surface area contributed by atoms with E-state index in [9.17, 15) is 4.79 Å². The maximum Gasteiger partial charge on any atom is 0.273 e. The maximum atomic E-state index is 13.1. The SMILES string of the molecule is COCC1Cc2c(ncn2C)CN1C(=O)c1ccc2ccccc2n1. The standard InChI is InChI=1S/C19H20N4O2/c1-22-12-20-17-10-23(14(11-25-2)9-18(17)22)19(24)16-8-7-13-5-3-4-6-15(13)21-16/h3-8,12,14H,9-11H2,1-2H3. The Morgan fingerprint density at radius 1 is 1.28 bits per heavy atom. The number of hydrogen-bond donors (Lipinski definition) is 0. The fourth-order valence-corrected chi connectivity index (χ4v) is 3.43. The molecule has 0 saturated heterocycles. The Hall–Kier alpha value is -2.73. The summed E-state index contributed by atoms with van der Waals surface area (Å²) in [7, 11) is 3.65. The lowest BCUT2D eigenvalue weighted by Crippen LogP contribution is -2.47. The van der Waals surface area contributed by atoms with Gasteiger partial charge in [0, 0.05) is 31.7 Å². The molecule has 0 saturated carbocycles. The number of methoxy groups -OCH3 is 1. The van der Waals surface area contributed by atoms with Gasteiger partial charge in [0.2, 0.25) is 0 Å². The van der Waals surface area contributed by atoms with Crippen molar-refractivity contribution >= 4 is 16.8 Å². The highest BCUT2D eigenvalue weighted by Crippen LogP contribution is 2.24. The number of nitrogens with zero attached hydrogens (tertiary/aromatic N) is 4. The van der Waals surface area contributed by atoms with E-state index in [1.165, 1.54) is 0 Å². The highest BCUT2D eigenvalue weighted by Gasteiger charge is 2.33. The van der Waals surface area contributed by atoms with Crippen LogP contribution in [0.2, 0.25) is 0 Å². The van der Waals surface area contributed by atoms with Gasteiger partial charge >= 0.3 is 0 Å². The molecule has 2 aromatic heterocycles. The third kappa shape index (κ3) is 2.78. The van der Waals surface area contributed by atoms with Crippen LogP contribution >= 0.6 is 0 Å². The van der Waals surface area contributed by atoms with Crippen LogP contribution < -0.4 is 0 Å². The Balaban J connectivity index is 1.68. The minimum atomic E-state index is -0.0795. The molecule has 4 rings (SSSR count). The number of imidazole rings is 1. The molecule has 1 aliphatic rings. The van der Waals surface area contributed by atoms with E-state index < -0.39 is 0 Å². The summed E-state index contributed by atoms with van der Waals surface area (Å²) >= 11 is 0. The lowest BCUT2D eigenvalue weighted by molar-refractivity contribution is 0.0463. The van der Waals surface area contributed by atoms with E-state index in [-0.39, 0.29) is 11.9 Å². The van der Waals surface area contributed by atoms with Crippen LogP contribution in [0.25, 0.3) is 10.9 Å². The van der Waals surface area contributed by atoms with E-state index in [1.54, 1.807) is 19.5 Å². The molecule has 1 unspecified atom stereocenters. The monoisotopic (exact) mass is 336 g/mol. The fourth-order valence-electron chi connectivity index (χ4n) is 3.43. The lowest BCUT2D eigenvalue weighted by Gasteiger charge is -2.35. The van der Waals surface area contributed by atoms with Crippen LogP contribution in [0, 0.1) is 0 Å². The summed E-state index contributed by atoms with van der Waals surface area (Å²) in [5.74, 6) is -0.0795. The van der Waals surface area contributed by atoms with Gasteiger partial charge in [0.15, 0.2) is 0 Å². The van der Waals surface area contributed by atoms with E-state index in [1.807, 2.05) is 46.8 Å². The quantitative estimate of drug-likeness (QED) is 0.735. The summed E-state index contributed by atoms with van der Waals surface area (Å²) in [6, 6.07) is 11.5. The Bertz CT molecular complexity index is 934. The molecule has 0 radical (unpaired) electrons. The molecule has 1 aromatic carbocycles.